The second-order valence-corrected chi connectivity index (χ2v) is 3.14. The Bertz CT molecular complexity index is 136. The predicted molar refractivity (Wildman–Crippen MR) is 45.8 cm³/mol. The lowest BCUT2D eigenvalue weighted by molar-refractivity contribution is -0.137. The number of hydrogen-bond acceptors (Lipinski definition) is 3. The Morgan fingerprint density at radius 2 is 2.08 bits per heavy atom. The van der Waals surface area contributed by atoms with Crippen LogP contribution in [0.25, 0.3) is 0 Å². The van der Waals surface area contributed by atoms with Crippen LogP contribution in [-0.4, -0.2) is 28.3 Å². The number of nitrogens with two attached hydrogens (primary N) is 1. The Morgan fingerprint density at radius 3 is 2.50 bits per heavy atom. The van der Waals surface area contributed by atoms with Crippen LogP contribution in [0.5, 0.6) is 0 Å². The Hall–Kier alpha value is -0.610. The van der Waals surface area contributed by atoms with Gasteiger partial charge in [0.1, 0.15) is 0 Å². The zero-order valence-electron chi connectivity index (χ0n) is 7.36. The van der Waals surface area contributed by atoms with E-state index in [9.17, 15) is 4.79 Å². The molecule has 2 atom stereocenters. The zero-order valence-corrected chi connectivity index (χ0v) is 7.36. The molecule has 0 heterocycles. The number of aliphatic hydroxyl groups is 1. The minimum absolute atomic E-state index is 0.0137. The maximum atomic E-state index is 10.2. The molecular weight excluding hydrogens is 158 g/mol. The van der Waals surface area contributed by atoms with E-state index >= 15 is 0 Å². The van der Waals surface area contributed by atoms with Gasteiger partial charge in [-0.2, -0.15) is 0 Å². The van der Waals surface area contributed by atoms with Gasteiger partial charge in [0.2, 0.25) is 0 Å². The van der Waals surface area contributed by atoms with E-state index in [4.69, 9.17) is 15.9 Å². The summed E-state index contributed by atoms with van der Waals surface area (Å²) in [7, 11) is 0. The third-order valence-corrected chi connectivity index (χ3v) is 1.63. The van der Waals surface area contributed by atoms with Gasteiger partial charge in [0.25, 0.3) is 0 Å². The maximum absolute atomic E-state index is 10.2. The molecule has 0 aliphatic heterocycles. The lowest BCUT2D eigenvalue weighted by Crippen LogP contribution is -2.23. The summed E-state index contributed by atoms with van der Waals surface area (Å²) in [6.07, 6.45) is 1.83. The van der Waals surface area contributed by atoms with Crippen molar-refractivity contribution in [2.24, 2.45) is 5.73 Å². The average Bonchev–Trinajstić information content (AvgIpc) is 1.84. The van der Waals surface area contributed by atoms with E-state index in [-0.39, 0.29) is 18.6 Å². The van der Waals surface area contributed by atoms with Crippen molar-refractivity contribution in [1.82, 2.24) is 0 Å². The first-order valence-corrected chi connectivity index (χ1v) is 4.17. The highest BCUT2D eigenvalue weighted by molar-refractivity contribution is 5.67. The third-order valence-electron chi connectivity index (χ3n) is 1.63. The average molecular weight is 175 g/mol. The van der Waals surface area contributed by atoms with Gasteiger partial charge in [-0.25, -0.2) is 0 Å². The van der Waals surface area contributed by atoms with E-state index in [1.807, 2.05) is 0 Å². The van der Waals surface area contributed by atoms with Crippen molar-refractivity contribution in [3.63, 3.8) is 0 Å². The number of rotatable bonds is 6. The summed E-state index contributed by atoms with van der Waals surface area (Å²) in [4.78, 5) is 10.2. The Morgan fingerprint density at radius 1 is 1.50 bits per heavy atom. The zero-order chi connectivity index (χ0) is 9.56. The molecule has 0 aliphatic rings. The third kappa shape index (κ3) is 7.50. The molecule has 4 nitrogen and oxygen atoms in total. The molecule has 0 aromatic carbocycles. The number of aliphatic hydroxyl groups excluding tert-OH is 1. The highest BCUT2D eigenvalue weighted by atomic mass is 16.4. The Labute approximate surface area is 72.4 Å². The monoisotopic (exact) mass is 175 g/mol. The summed E-state index contributed by atoms with van der Waals surface area (Å²) in [5.74, 6) is -0.862. The molecule has 0 aromatic heterocycles. The van der Waals surface area contributed by atoms with Crippen molar-refractivity contribution in [2.45, 2.75) is 44.8 Å². The van der Waals surface area contributed by atoms with Crippen LogP contribution in [-0.2, 0) is 4.79 Å². The SMILES string of the molecule is CC(O)CCCC(N)CC(=O)O. The largest absolute Gasteiger partial charge is 0.481 e. The van der Waals surface area contributed by atoms with Crippen LogP contribution >= 0.6 is 0 Å². The van der Waals surface area contributed by atoms with Gasteiger partial charge in [0.05, 0.1) is 12.5 Å². The van der Waals surface area contributed by atoms with Crippen molar-refractivity contribution in [1.29, 1.82) is 0 Å². The minimum atomic E-state index is -0.862. The van der Waals surface area contributed by atoms with Gasteiger partial charge in [-0.05, 0) is 26.2 Å². The van der Waals surface area contributed by atoms with Crippen molar-refractivity contribution in [2.75, 3.05) is 0 Å². The summed E-state index contributed by atoms with van der Waals surface area (Å²) in [5.41, 5.74) is 5.50. The van der Waals surface area contributed by atoms with E-state index in [0.29, 0.717) is 12.8 Å². The van der Waals surface area contributed by atoms with Crippen LogP contribution in [0.2, 0.25) is 0 Å². The second-order valence-electron chi connectivity index (χ2n) is 3.14. The molecule has 72 valence electrons. The second kappa shape index (κ2) is 5.97. The number of carboxylic acid groups (broad SMARTS) is 1. The molecule has 0 saturated carbocycles. The molecule has 0 radical (unpaired) electrons. The quantitative estimate of drug-likeness (QED) is 0.543. The van der Waals surface area contributed by atoms with Crippen LogP contribution in [0.3, 0.4) is 0 Å². The van der Waals surface area contributed by atoms with E-state index < -0.39 is 5.97 Å². The summed E-state index contributed by atoms with van der Waals surface area (Å²) in [6, 6.07) is -0.277. The predicted octanol–water partition coefficient (Wildman–Crippen LogP) is 0.339. The molecule has 2 unspecified atom stereocenters. The van der Waals surface area contributed by atoms with E-state index in [1.54, 1.807) is 6.92 Å². The summed E-state index contributed by atoms with van der Waals surface area (Å²) < 4.78 is 0. The first-order chi connectivity index (χ1) is 5.52. The molecule has 0 fully saturated rings. The highest BCUT2D eigenvalue weighted by Crippen LogP contribution is 2.04. The smallest absolute Gasteiger partial charge is 0.304 e. The van der Waals surface area contributed by atoms with E-state index in [2.05, 4.69) is 0 Å². The molecule has 12 heavy (non-hydrogen) atoms. The molecular formula is C8H17NO3. The topological polar surface area (TPSA) is 83.5 Å². The maximum Gasteiger partial charge on any atom is 0.304 e. The number of aliphatic carboxylic acids is 1. The van der Waals surface area contributed by atoms with Gasteiger partial charge in [-0.15, -0.1) is 0 Å². The van der Waals surface area contributed by atoms with Crippen molar-refractivity contribution >= 4 is 5.97 Å². The normalized spacial score (nSPS) is 15.6. The summed E-state index contributed by atoms with van der Waals surface area (Å²) >= 11 is 0. The number of carbonyl (C=O) groups is 1. The van der Waals surface area contributed by atoms with E-state index in [1.165, 1.54) is 0 Å². The van der Waals surface area contributed by atoms with Gasteiger partial charge >= 0.3 is 5.97 Å². The molecule has 0 bridgehead atoms. The fraction of sp³-hybridized carbons (Fsp3) is 0.875. The van der Waals surface area contributed by atoms with Gasteiger partial charge in [0, 0.05) is 6.04 Å². The first kappa shape index (κ1) is 11.4. The van der Waals surface area contributed by atoms with Crippen molar-refractivity contribution in [3.8, 4) is 0 Å². The Kier molecular flexibility index (Phi) is 5.66. The molecule has 0 rings (SSSR count). The molecule has 4 N–H and O–H groups in total. The molecule has 4 heteroatoms. The van der Waals surface area contributed by atoms with E-state index in [0.717, 1.165) is 6.42 Å². The van der Waals surface area contributed by atoms with Gasteiger partial charge in [0.15, 0.2) is 0 Å². The fourth-order valence-corrected chi connectivity index (χ4v) is 1.00. The Balaban J connectivity index is 3.31. The summed E-state index contributed by atoms with van der Waals surface area (Å²) in [6.45, 7) is 1.71. The van der Waals surface area contributed by atoms with Crippen LogP contribution in [0.1, 0.15) is 32.6 Å². The highest BCUT2D eigenvalue weighted by Gasteiger charge is 2.07. The van der Waals surface area contributed by atoms with Crippen molar-refractivity contribution < 1.29 is 15.0 Å². The molecule has 0 amide bonds. The molecule has 0 aromatic rings. The van der Waals surface area contributed by atoms with Gasteiger partial charge in [-0.1, -0.05) is 0 Å². The standard InChI is InChI=1S/C8H17NO3/c1-6(10)3-2-4-7(9)5-8(11)12/h6-7,10H,2-5,9H2,1H3,(H,11,12). The van der Waals surface area contributed by atoms with Crippen molar-refractivity contribution in [3.05, 3.63) is 0 Å². The molecule has 0 aliphatic carbocycles. The number of hydrogen-bond donors (Lipinski definition) is 3. The lowest BCUT2D eigenvalue weighted by atomic mass is 10.1. The number of carboxylic acids is 1. The van der Waals surface area contributed by atoms with Gasteiger partial charge in [-0.3, -0.25) is 4.79 Å². The molecule has 0 spiro atoms. The minimum Gasteiger partial charge on any atom is -0.481 e. The van der Waals surface area contributed by atoms with Crippen LogP contribution < -0.4 is 5.73 Å². The molecule has 0 saturated heterocycles. The van der Waals surface area contributed by atoms with Crippen LogP contribution in [0.15, 0.2) is 0 Å². The van der Waals surface area contributed by atoms with Crippen LogP contribution in [0, 0.1) is 0 Å². The first-order valence-electron chi connectivity index (χ1n) is 4.17. The van der Waals surface area contributed by atoms with Gasteiger partial charge < -0.3 is 15.9 Å². The lowest BCUT2D eigenvalue weighted by Gasteiger charge is -2.08. The summed E-state index contributed by atoms with van der Waals surface area (Å²) in [5, 5.41) is 17.3. The van der Waals surface area contributed by atoms with Crippen LogP contribution in [0.4, 0.5) is 0 Å². The fourth-order valence-electron chi connectivity index (χ4n) is 1.00.